The summed E-state index contributed by atoms with van der Waals surface area (Å²) in [5.74, 6) is -0.849. The Bertz CT molecular complexity index is 1240. The number of carbonyl (C=O) groups excluding carboxylic acids is 2. The van der Waals surface area contributed by atoms with Gasteiger partial charge in [0.1, 0.15) is 11.5 Å². The van der Waals surface area contributed by atoms with Crippen LogP contribution in [0.25, 0.3) is 5.76 Å². The van der Waals surface area contributed by atoms with Gasteiger partial charge in [-0.1, -0.05) is 42.5 Å². The monoisotopic (exact) mass is 441 g/mol. The molecule has 1 saturated heterocycles. The van der Waals surface area contributed by atoms with Crippen molar-refractivity contribution in [3.63, 3.8) is 0 Å². The molecule has 0 radical (unpaired) electrons. The van der Waals surface area contributed by atoms with Crippen molar-refractivity contribution in [3.8, 4) is 5.75 Å². The minimum absolute atomic E-state index is 0.0143. The average molecular weight is 442 g/mol. The first kappa shape index (κ1) is 22.3. The molecule has 0 aromatic heterocycles. The molecule has 1 fully saturated rings. The third-order valence-corrected chi connectivity index (χ3v) is 5.77. The van der Waals surface area contributed by atoms with Crippen molar-refractivity contribution in [2.24, 2.45) is 0 Å². The minimum Gasteiger partial charge on any atom is -0.507 e. The maximum absolute atomic E-state index is 13.3. The van der Waals surface area contributed by atoms with Crippen LogP contribution in [0, 0.1) is 13.8 Å². The van der Waals surface area contributed by atoms with Gasteiger partial charge in [0.15, 0.2) is 0 Å². The van der Waals surface area contributed by atoms with Gasteiger partial charge in [-0.05, 0) is 74.7 Å². The third kappa shape index (κ3) is 4.14. The number of benzene rings is 3. The second kappa shape index (κ2) is 8.94. The molecule has 0 saturated carbocycles. The molecule has 1 aliphatic heterocycles. The van der Waals surface area contributed by atoms with Gasteiger partial charge in [-0.15, -0.1) is 0 Å². The van der Waals surface area contributed by atoms with Gasteiger partial charge in [-0.25, -0.2) is 0 Å². The Morgan fingerprint density at radius 1 is 0.909 bits per heavy atom. The predicted molar refractivity (Wildman–Crippen MR) is 129 cm³/mol. The maximum Gasteiger partial charge on any atom is 0.300 e. The summed E-state index contributed by atoms with van der Waals surface area (Å²) in [4.78, 5) is 27.9. The van der Waals surface area contributed by atoms with Crippen LogP contribution in [0.4, 0.5) is 5.69 Å². The highest BCUT2D eigenvalue weighted by Crippen LogP contribution is 2.43. The number of para-hydroxylation sites is 1. The number of Topliss-reactive ketones (excluding diaryl/α,β-unsaturated/α-hetero) is 1. The van der Waals surface area contributed by atoms with Crippen molar-refractivity contribution in [2.45, 2.75) is 39.8 Å². The molecule has 1 aliphatic rings. The van der Waals surface area contributed by atoms with E-state index >= 15 is 0 Å². The molecule has 1 unspecified atom stereocenters. The van der Waals surface area contributed by atoms with Crippen molar-refractivity contribution < 1.29 is 19.4 Å². The van der Waals surface area contributed by atoms with E-state index in [4.69, 9.17) is 4.74 Å². The molecule has 0 bridgehead atoms. The number of carbonyl (C=O) groups is 2. The Labute approximate surface area is 193 Å². The molecule has 1 amide bonds. The number of aliphatic hydroxyl groups is 1. The van der Waals surface area contributed by atoms with Crippen LogP contribution in [-0.4, -0.2) is 22.9 Å². The van der Waals surface area contributed by atoms with Crippen molar-refractivity contribution >= 4 is 23.1 Å². The number of rotatable bonds is 5. The van der Waals surface area contributed by atoms with Gasteiger partial charge in [0, 0.05) is 11.3 Å². The van der Waals surface area contributed by atoms with Gasteiger partial charge in [-0.3, -0.25) is 14.5 Å². The summed E-state index contributed by atoms with van der Waals surface area (Å²) in [6.07, 6.45) is 0.0143. The molecular weight excluding hydrogens is 414 g/mol. The smallest absolute Gasteiger partial charge is 0.300 e. The van der Waals surface area contributed by atoms with Gasteiger partial charge in [0.05, 0.1) is 17.7 Å². The molecule has 3 aromatic rings. The van der Waals surface area contributed by atoms with Crippen molar-refractivity contribution in [1.82, 2.24) is 0 Å². The van der Waals surface area contributed by atoms with Crippen molar-refractivity contribution in [3.05, 3.63) is 101 Å². The van der Waals surface area contributed by atoms with Crippen LogP contribution in [0.1, 0.15) is 42.1 Å². The molecule has 1 atom stereocenters. The lowest BCUT2D eigenvalue weighted by Crippen LogP contribution is -2.29. The summed E-state index contributed by atoms with van der Waals surface area (Å²) in [5.41, 5.74) is 3.69. The molecule has 3 aromatic carbocycles. The Balaban J connectivity index is 1.91. The SMILES string of the molecule is Cc1cc(/C(O)=C2\C(=O)C(=O)N(c3ccccc3)C2c2ccccc2C)ccc1OC(C)C. The Kier molecular flexibility index (Phi) is 6.05. The Hall–Kier alpha value is -3.86. The van der Waals surface area contributed by atoms with Crippen LogP contribution >= 0.6 is 0 Å². The van der Waals surface area contributed by atoms with Crippen molar-refractivity contribution in [2.75, 3.05) is 4.90 Å². The maximum atomic E-state index is 13.3. The number of ketones is 1. The van der Waals surface area contributed by atoms with Crippen LogP contribution in [0.3, 0.4) is 0 Å². The first-order chi connectivity index (χ1) is 15.8. The topological polar surface area (TPSA) is 66.8 Å². The van der Waals surface area contributed by atoms with Crippen LogP contribution < -0.4 is 9.64 Å². The Morgan fingerprint density at radius 3 is 2.21 bits per heavy atom. The van der Waals surface area contributed by atoms with Crippen LogP contribution in [0.2, 0.25) is 0 Å². The quantitative estimate of drug-likeness (QED) is 0.313. The number of aliphatic hydroxyl groups excluding tert-OH is 1. The van der Waals surface area contributed by atoms with E-state index in [1.165, 1.54) is 4.90 Å². The zero-order valence-corrected chi connectivity index (χ0v) is 19.2. The molecule has 1 heterocycles. The van der Waals surface area contributed by atoms with Gasteiger partial charge >= 0.3 is 0 Å². The molecule has 168 valence electrons. The number of aryl methyl sites for hydroxylation is 2. The van der Waals surface area contributed by atoms with Gasteiger partial charge in [-0.2, -0.15) is 0 Å². The summed E-state index contributed by atoms with van der Waals surface area (Å²) >= 11 is 0. The molecule has 0 spiro atoms. The van der Waals surface area contributed by atoms with Crippen molar-refractivity contribution in [1.29, 1.82) is 0 Å². The first-order valence-electron chi connectivity index (χ1n) is 11.0. The highest BCUT2D eigenvalue weighted by atomic mass is 16.5. The fraction of sp³-hybridized carbons (Fsp3) is 0.214. The molecule has 1 N–H and O–H groups in total. The standard InChI is InChI=1S/C28H27NO4/c1-17(2)33-23-15-14-20(16-19(23)4)26(30)24-25(22-13-9-8-10-18(22)3)29(28(32)27(24)31)21-11-6-5-7-12-21/h5-17,25,30H,1-4H3/b26-24+. The highest BCUT2D eigenvalue weighted by molar-refractivity contribution is 6.51. The number of hydrogen-bond acceptors (Lipinski definition) is 4. The molecule has 5 nitrogen and oxygen atoms in total. The lowest BCUT2D eigenvalue weighted by atomic mass is 9.92. The van der Waals surface area contributed by atoms with E-state index in [1.807, 2.05) is 70.2 Å². The largest absolute Gasteiger partial charge is 0.507 e. The van der Waals surface area contributed by atoms with Gasteiger partial charge in [0.25, 0.3) is 11.7 Å². The van der Waals surface area contributed by atoms with E-state index in [1.54, 1.807) is 30.3 Å². The fourth-order valence-electron chi connectivity index (χ4n) is 4.21. The fourth-order valence-corrected chi connectivity index (χ4v) is 4.21. The van der Waals surface area contributed by atoms with E-state index in [0.29, 0.717) is 17.0 Å². The average Bonchev–Trinajstić information content (AvgIpc) is 3.05. The summed E-state index contributed by atoms with van der Waals surface area (Å²) < 4.78 is 5.80. The number of hydrogen-bond donors (Lipinski definition) is 1. The van der Waals surface area contributed by atoms with Gasteiger partial charge in [0.2, 0.25) is 0 Å². The molecule has 5 heteroatoms. The van der Waals surface area contributed by atoms with E-state index in [-0.39, 0.29) is 17.4 Å². The second-order valence-corrected chi connectivity index (χ2v) is 8.51. The van der Waals surface area contributed by atoms with Crippen LogP contribution in [-0.2, 0) is 9.59 Å². The molecule has 0 aliphatic carbocycles. The summed E-state index contributed by atoms with van der Waals surface area (Å²) in [6.45, 7) is 7.71. The number of anilines is 1. The number of amides is 1. The summed E-state index contributed by atoms with van der Waals surface area (Å²) in [6, 6.07) is 21.2. The summed E-state index contributed by atoms with van der Waals surface area (Å²) in [5, 5.41) is 11.3. The summed E-state index contributed by atoms with van der Waals surface area (Å²) in [7, 11) is 0. The van der Waals surface area contributed by atoms with E-state index < -0.39 is 17.7 Å². The Morgan fingerprint density at radius 2 is 1.58 bits per heavy atom. The van der Waals surface area contributed by atoms with Gasteiger partial charge < -0.3 is 9.84 Å². The highest BCUT2D eigenvalue weighted by Gasteiger charge is 2.47. The normalized spacial score (nSPS) is 17.6. The predicted octanol–water partition coefficient (Wildman–Crippen LogP) is 5.72. The van der Waals surface area contributed by atoms with E-state index in [2.05, 4.69) is 0 Å². The van der Waals surface area contributed by atoms with E-state index in [9.17, 15) is 14.7 Å². The first-order valence-corrected chi connectivity index (χ1v) is 11.0. The molecular formula is C28H27NO4. The number of ether oxygens (including phenoxy) is 1. The minimum atomic E-state index is -0.736. The molecule has 4 rings (SSSR count). The van der Waals surface area contributed by atoms with Crippen LogP contribution in [0.15, 0.2) is 78.4 Å². The lowest BCUT2D eigenvalue weighted by Gasteiger charge is -2.26. The lowest BCUT2D eigenvalue weighted by molar-refractivity contribution is -0.132. The van der Waals surface area contributed by atoms with E-state index in [0.717, 1.165) is 16.7 Å². The molecule has 33 heavy (non-hydrogen) atoms. The zero-order valence-electron chi connectivity index (χ0n) is 19.2. The third-order valence-electron chi connectivity index (χ3n) is 5.77. The number of nitrogens with zero attached hydrogens (tertiary/aromatic N) is 1. The second-order valence-electron chi connectivity index (χ2n) is 8.51. The van der Waals surface area contributed by atoms with Crippen LogP contribution in [0.5, 0.6) is 5.75 Å². The zero-order chi connectivity index (χ0) is 23.7.